The molecule has 0 aliphatic rings. The summed E-state index contributed by atoms with van der Waals surface area (Å²) in [4.78, 5) is 25.1. The lowest BCUT2D eigenvalue weighted by Crippen LogP contribution is -2.59. The average Bonchev–Trinajstić information content (AvgIpc) is 2.85. The van der Waals surface area contributed by atoms with Gasteiger partial charge in [-0.15, -0.1) is 0 Å². The number of carbonyl (C=O) groups is 2. The van der Waals surface area contributed by atoms with Gasteiger partial charge in [0.2, 0.25) is 10.0 Å². The van der Waals surface area contributed by atoms with Crippen molar-refractivity contribution in [2.45, 2.75) is 70.5 Å². The van der Waals surface area contributed by atoms with Crippen LogP contribution in [0.15, 0.2) is 53.4 Å². The molecule has 0 aliphatic heterocycles. The predicted octanol–water partition coefficient (Wildman–Crippen LogP) is 3.83. The van der Waals surface area contributed by atoms with Crippen molar-refractivity contribution in [3.8, 4) is 5.75 Å². The van der Waals surface area contributed by atoms with Gasteiger partial charge in [0.1, 0.15) is 22.9 Å². The van der Waals surface area contributed by atoms with Gasteiger partial charge in [0.15, 0.2) is 11.8 Å². The van der Waals surface area contributed by atoms with Crippen LogP contribution in [0.4, 0.5) is 0 Å². The average molecular weight is 552 g/mol. The first-order valence-corrected chi connectivity index (χ1v) is 13.7. The molecule has 0 aliphatic carbocycles. The second kappa shape index (κ2) is 13.2. The number of nitrogens with one attached hydrogen (secondary N) is 1. The molecule has 210 valence electrons. The molecule has 0 saturated carbocycles. The van der Waals surface area contributed by atoms with E-state index in [4.69, 9.17) is 23.7 Å². The molecule has 0 bridgehead atoms. The second-order valence-corrected chi connectivity index (χ2v) is 11.1. The van der Waals surface area contributed by atoms with Gasteiger partial charge in [-0.2, -0.15) is 4.72 Å². The molecule has 1 atom stereocenters. The lowest BCUT2D eigenvalue weighted by molar-refractivity contribution is -0.240. The number of sulfonamides is 1. The molecule has 0 amide bonds. The minimum atomic E-state index is -4.45. The molecule has 1 unspecified atom stereocenters. The van der Waals surface area contributed by atoms with Crippen molar-refractivity contribution < 1.29 is 41.7 Å². The Labute approximate surface area is 224 Å². The quantitative estimate of drug-likeness (QED) is 0.292. The Hall–Kier alpha value is -2.99. The predicted molar refractivity (Wildman–Crippen MR) is 140 cm³/mol. The summed E-state index contributed by atoms with van der Waals surface area (Å²) in [6, 6.07) is 11.3. The highest BCUT2D eigenvalue weighted by molar-refractivity contribution is 7.89. The van der Waals surface area contributed by atoms with Crippen LogP contribution in [0.25, 0.3) is 0 Å². The molecule has 1 N–H and O–H groups in total. The monoisotopic (exact) mass is 551 g/mol. The van der Waals surface area contributed by atoms with Crippen LogP contribution >= 0.6 is 0 Å². The third-order valence-corrected chi connectivity index (χ3v) is 6.66. The summed E-state index contributed by atoms with van der Waals surface area (Å²) in [5.74, 6) is -3.35. The molecule has 0 radical (unpaired) electrons. The summed E-state index contributed by atoms with van der Waals surface area (Å²) in [6.07, 6.45) is 0. The number of ether oxygens (including phenoxy) is 5. The van der Waals surface area contributed by atoms with Crippen molar-refractivity contribution in [1.82, 2.24) is 4.72 Å². The van der Waals surface area contributed by atoms with Crippen LogP contribution in [0.3, 0.4) is 0 Å². The Morgan fingerprint density at radius 1 is 0.947 bits per heavy atom. The van der Waals surface area contributed by atoms with Gasteiger partial charge in [-0.3, -0.25) is 4.79 Å². The standard InChI is InChI=1S/C27H37NO9S/c1-8-35-27(6,36-9-2)23(25(30)37-26(3,4)5)28-38(31,32)22-16-15-20(24(29)33-7)17-21(22)34-18-19-13-11-10-12-14-19/h10-17,23,28H,8-9,18H2,1-7H3. The topological polar surface area (TPSA) is 126 Å². The Kier molecular flexibility index (Phi) is 10.8. The molecule has 2 rings (SSSR count). The summed E-state index contributed by atoms with van der Waals surface area (Å²) in [5, 5.41) is 0. The van der Waals surface area contributed by atoms with Gasteiger partial charge in [0.25, 0.3) is 0 Å². The van der Waals surface area contributed by atoms with Crippen LogP contribution in [0.2, 0.25) is 0 Å². The number of methoxy groups -OCH3 is 1. The van der Waals surface area contributed by atoms with E-state index < -0.39 is 39.4 Å². The number of benzene rings is 2. The van der Waals surface area contributed by atoms with E-state index in [1.165, 1.54) is 32.2 Å². The fraction of sp³-hybridized carbons (Fsp3) is 0.481. The first kappa shape index (κ1) is 31.2. The maximum Gasteiger partial charge on any atom is 0.337 e. The Morgan fingerprint density at radius 3 is 2.08 bits per heavy atom. The largest absolute Gasteiger partial charge is 0.487 e. The number of rotatable bonds is 13. The summed E-state index contributed by atoms with van der Waals surface area (Å²) in [7, 11) is -3.24. The first-order chi connectivity index (χ1) is 17.8. The van der Waals surface area contributed by atoms with E-state index in [9.17, 15) is 18.0 Å². The van der Waals surface area contributed by atoms with E-state index in [0.717, 1.165) is 5.56 Å². The van der Waals surface area contributed by atoms with Crippen LogP contribution in [0, 0.1) is 0 Å². The molecule has 0 heterocycles. The zero-order chi connectivity index (χ0) is 28.6. The smallest absolute Gasteiger partial charge is 0.337 e. The Balaban J connectivity index is 2.56. The van der Waals surface area contributed by atoms with Crippen LogP contribution in [0.1, 0.15) is 57.5 Å². The van der Waals surface area contributed by atoms with Crippen molar-refractivity contribution >= 4 is 22.0 Å². The molecular weight excluding hydrogens is 514 g/mol. The summed E-state index contributed by atoms with van der Waals surface area (Å²) in [5.41, 5.74) is -0.0440. The highest BCUT2D eigenvalue weighted by Crippen LogP contribution is 2.29. The SMILES string of the molecule is CCOC(C)(OCC)C(NS(=O)(=O)c1ccc(C(=O)OC)cc1OCc1ccccc1)C(=O)OC(C)(C)C. The molecule has 0 spiro atoms. The zero-order valence-corrected chi connectivity index (χ0v) is 23.7. The van der Waals surface area contributed by atoms with Crippen LogP contribution in [-0.4, -0.2) is 58.1 Å². The first-order valence-electron chi connectivity index (χ1n) is 12.2. The van der Waals surface area contributed by atoms with Gasteiger partial charge in [-0.25, -0.2) is 13.2 Å². The third kappa shape index (κ3) is 8.52. The summed E-state index contributed by atoms with van der Waals surface area (Å²) >= 11 is 0. The van der Waals surface area contributed by atoms with Gasteiger partial charge in [-0.05, 0) is 65.3 Å². The van der Waals surface area contributed by atoms with Gasteiger partial charge in [-0.1, -0.05) is 30.3 Å². The van der Waals surface area contributed by atoms with E-state index in [-0.39, 0.29) is 36.0 Å². The van der Waals surface area contributed by atoms with Crippen molar-refractivity contribution in [2.75, 3.05) is 20.3 Å². The highest BCUT2D eigenvalue weighted by Gasteiger charge is 2.46. The Morgan fingerprint density at radius 2 is 1.55 bits per heavy atom. The number of hydrogen-bond donors (Lipinski definition) is 1. The van der Waals surface area contributed by atoms with E-state index in [0.29, 0.717) is 0 Å². The lowest BCUT2D eigenvalue weighted by atomic mass is 10.1. The molecule has 0 saturated heterocycles. The maximum atomic E-state index is 13.7. The Bertz CT molecular complexity index is 1180. The molecule has 38 heavy (non-hydrogen) atoms. The fourth-order valence-corrected chi connectivity index (χ4v) is 4.93. The van der Waals surface area contributed by atoms with Gasteiger partial charge in [0, 0.05) is 13.2 Å². The minimum Gasteiger partial charge on any atom is -0.487 e. The lowest BCUT2D eigenvalue weighted by Gasteiger charge is -2.37. The molecule has 2 aromatic carbocycles. The van der Waals surface area contributed by atoms with Crippen molar-refractivity contribution in [1.29, 1.82) is 0 Å². The molecule has 0 aromatic heterocycles. The third-order valence-electron chi connectivity index (χ3n) is 5.19. The molecule has 11 heteroatoms. The zero-order valence-electron chi connectivity index (χ0n) is 22.9. The summed E-state index contributed by atoms with van der Waals surface area (Å²) in [6.45, 7) is 10.1. The van der Waals surface area contributed by atoms with Crippen molar-refractivity contribution in [3.63, 3.8) is 0 Å². The number of hydrogen-bond acceptors (Lipinski definition) is 9. The van der Waals surface area contributed by atoms with Crippen LogP contribution < -0.4 is 9.46 Å². The van der Waals surface area contributed by atoms with E-state index in [2.05, 4.69) is 4.72 Å². The van der Waals surface area contributed by atoms with Crippen molar-refractivity contribution in [2.24, 2.45) is 0 Å². The second-order valence-electron chi connectivity index (χ2n) is 9.40. The highest BCUT2D eigenvalue weighted by atomic mass is 32.2. The van der Waals surface area contributed by atoms with Gasteiger partial charge in [0.05, 0.1) is 12.7 Å². The van der Waals surface area contributed by atoms with Crippen LogP contribution in [0.5, 0.6) is 5.75 Å². The van der Waals surface area contributed by atoms with E-state index in [1.807, 2.05) is 30.3 Å². The molecule has 2 aromatic rings. The molecular formula is C27H37NO9S. The van der Waals surface area contributed by atoms with Gasteiger partial charge >= 0.3 is 11.9 Å². The van der Waals surface area contributed by atoms with Gasteiger partial charge < -0.3 is 23.7 Å². The normalized spacial score (nSPS) is 13.0. The maximum absolute atomic E-state index is 13.7. The minimum absolute atomic E-state index is 0.0269. The van der Waals surface area contributed by atoms with Crippen molar-refractivity contribution in [3.05, 3.63) is 59.7 Å². The van der Waals surface area contributed by atoms with E-state index >= 15 is 0 Å². The number of esters is 2. The fourth-order valence-electron chi connectivity index (χ4n) is 3.55. The molecule has 0 fully saturated rings. The molecule has 10 nitrogen and oxygen atoms in total. The van der Waals surface area contributed by atoms with Crippen LogP contribution in [-0.2, 0) is 40.4 Å². The van der Waals surface area contributed by atoms with E-state index in [1.54, 1.807) is 34.6 Å². The summed E-state index contributed by atoms with van der Waals surface area (Å²) < 4.78 is 57.4. The number of carbonyl (C=O) groups excluding carboxylic acids is 2.